The Labute approximate surface area is 265 Å². The fourth-order valence-corrected chi connectivity index (χ4v) is 5.76. The molecule has 0 aliphatic carbocycles. The van der Waals surface area contributed by atoms with Gasteiger partial charge >= 0.3 is 11.9 Å². The molecule has 0 N–H and O–H groups in total. The Bertz CT molecular complexity index is 723. The first-order chi connectivity index (χ1) is 21.0. The van der Waals surface area contributed by atoms with E-state index in [2.05, 4.69) is 27.7 Å². The summed E-state index contributed by atoms with van der Waals surface area (Å²) < 4.78 is 17.6. The lowest BCUT2D eigenvalue weighted by Gasteiger charge is -2.18. The summed E-state index contributed by atoms with van der Waals surface area (Å²) in [5, 5.41) is 0. The SMILES string of the molecule is CCCCCCCCC(CCCCCCC)OC(=O)c1ccc(C(=O)OC(CCCCCCC)CCCCCCCC)o1. The van der Waals surface area contributed by atoms with Crippen molar-refractivity contribution in [2.24, 2.45) is 0 Å². The topological polar surface area (TPSA) is 65.7 Å². The van der Waals surface area contributed by atoms with E-state index in [9.17, 15) is 9.59 Å². The molecule has 0 radical (unpaired) electrons. The summed E-state index contributed by atoms with van der Waals surface area (Å²) in [7, 11) is 0. The third-order valence-corrected chi connectivity index (χ3v) is 8.57. The molecule has 1 aromatic rings. The molecule has 0 aromatic carbocycles. The molecule has 43 heavy (non-hydrogen) atoms. The predicted molar refractivity (Wildman–Crippen MR) is 180 cm³/mol. The standard InChI is InChI=1S/C38H68O5/c1-5-9-13-17-21-25-29-33(27-23-19-15-11-7-3)41-37(39)35-31-32-36(43-35)38(40)42-34(28-24-20-16-12-8-4)30-26-22-18-14-10-6-2/h31-34H,5-30H2,1-4H3. The van der Waals surface area contributed by atoms with Crippen LogP contribution in [0.2, 0.25) is 0 Å². The molecule has 250 valence electrons. The summed E-state index contributed by atoms with van der Waals surface area (Å²) in [5.74, 6) is -0.748. The summed E-state index contributed by atoms with van der Waals surface area (Å²) in [6.45, 7) is 8.91. The Morgan fingerprint density at radius 2 is 0.721 bits per heavy atom. The minimum atomic E-state index is -0.469. The van der Waals surface area contributed by atoms with Gasteiger partial charge in [0.25, 0.3) is 0 Å². The normalized spacial score (nSPS) is 12.7. The van der Waals surface area contributed by atoms with Crippen molar-refractivity contribution in [1.82, 2.24) is 0 Å². The smallest absolute Gasteiger partial charge is 0.374 e. The highest BCUT2D eigenvalue weighted by Gasteiger charge is 2.23. The Balaban J connectivity index is 2.67. The molecular weight excluding hydrogens is 536 g/mol. The first-order valence-electron chi connectivity index (χ1n) is 18.6. The van der Waals surface area contributed by atoms with E-state index in [0.29, 0.717) is 0 Å². The molecule has 0 saturated heterocycles. The van der Waals surface area contributed by atoms with E-state index in [-0.39, 0.29) is 23.7 Å². The fraction of sp³-hybridized carbons (Fsp3) is 0.842. The van der Waals surface area contributed by atoms with Gasteiger partial charge in [-0.3, -0.25) is 0 Å². The third-order valence-electron chi connectivity index (χ3n) is 8.57. The quantitative estimate of drug-likeness (QED) is 0.0645. The van der Waals surface area contributed by atoms with Crippen LogP contribution in [0.1, 0.15) is 216 Å². The van der Waals surface area contributed by atoms with E-state index in [1.807, 2.05) is 0 Å². The van der Waals surface area contributed by atoms with E-state index in [1.165, 1.54) is 116 Å². The number of carbonyl (C=O) groups is 2. The van der Waals surface area contributed by atoms with Gasteiger partial charge in [0, 0.05) is 0 Å². The Kier molecular flexibility index (Phi) is 25.3. The zero-order chi connectivity index (χ0) is 31.4. The van der Waals surface area contributed by atoms with Crippen LogP contribution in [0.15, 0.2) is 16.5 Å². The molecule has 1 aromatic heterocycles. The number of rotatable bonds is 30. The van der Waals surface area contributed by atoms with E-state index in [0.717, 1.165) is 51.4 Å². The molecule has 2 unspecified atom stereocenters. The minimum absolute atomic E-state index is 0.0953. The van der Waals surface area contributed by atoms with Gasteiger partial charge < -0.3 is 13.9 Å². The lowest BCUT2D eigenvalue weighted by atomic mass is 10.0. The molecule has 0 fully saturated rings. The third kappa shape index (κ3) is 20.7. The number of carbonyl (C=O) groups excluding carboxylic acids is 2. The van der Waals surface area contributed by atoms with E-state index in [4.69, 9.17) is 13.9 Å². The van der Waals surface area contributed by atoms with Gasteiger partial charge in [-0.1, -0.05) is 143 Å². The molecule has 0 aliphatic rings. The predicted octanol–water partition coefficient (Wildman–Crippen LogP) is 12.6. The van der Waals surface area contributed by atoms with Crippen LogP contribution < -0.4 is 0 Å². The fourth-order valence-electron chi connectivity index (χ4n) is 5.76. The highest BCUT2D eigenvalue weighted by Crippen LogP contribution is 2.21. The van der Waals surface area contributed by atoms with Gasteiger partial charge in [-0.05, 0) is 63.5 Å². The number of ether oxygens (including phenoxy) is 2. The molecule has 5 heteroatoms. The number of hydrogen-bond donors (Lipinski definition) is 0. The molecule has 0 amide bonds. The number of hydrogen-bond acceptors (Lipinski definition) is 5. The first kappa shape index (κ1) is 39.2. The number of unbranched alkanes of at least 4 members (excludes halogenated alkanes) is 18. The van der Waals surface area contributed by atoms with E-state index < -0.39 is 11.9 Å². The van der Waals surface area contributed by atoms with Crippen molar-refractivity contribution < 1.29 is 23.5 Å². The van der Waals surface area contributed by atoms with Gasteiger partial charge in [0.1, 0.15) is 12.2 Å². The highest BCUT2D eigenvalue weighted by atomic mass is 16.6. The van der Waals surface area contributed by atoms with Crippen molar-refractivity contribution in [2.45, 2.75) is 207 Å². The first-order valence-corrected chi connectivity index (χ1v) is 18.6. The van der Waals surface area contributed by atoms with Crippen LogP contribution in [-0.4, -0.2) is 24.1 Å². The Morgan fingerprint density at radius 1 is 0.465 bits per heavy atom. The van der Waals surface area contributed by atoms with Crippen LogP contribution in [-0.2, 0) is 9.47 Å². The maximum Gasteiger partial charge on any atom is 0.374 e. The monoisotopic (exact) mass is 605 g/mol. The zero-order valence-electron chi connectivity index (χ0n) is 28.7. The number of esters is 2. The number of furan rings is 1. The second kappa shape index (κ2) is 27.7. The average molecular weight is 605 g/mol. The van der Waals surface area contributed by atoms with Crippen LogP contribution in [0, 0.1) is 0 Å². The molecular formula is C38H68O5. The van der Waals surface area contributed by atoms with E-state index in [1.54, 1.807) is 12.1 Å². The van der Waals surface area contributed by atoms with Crippen LogP contribution in [0.3, 0.4) is 0 Å². The second-order valence-electron chi connectivity index (χ2n) is 12.7. The molecule has 1 rings (SSSR count). The van der Waals surface area contributed by atoms with Gasteiger partial charge in [0.2, 0.25) is 11.5 Å². The summed E-state index contributed by atoms with van der Waals surface area (Å²) in [5.41, 5.74) is 0. The van der Waals surface area contributed by atoms with Crippen molar-refractivity contribution in [1.29, 1.82) is 0 Å². The maximum atomic E-state index is 13.0. The lowest BCUT2D eigenvalue weighted by molar-refractivity contribution is 0.0181. The largest absolute Gasteiger partial charge is 0.457 e. The van der Waals surface area contributed by atoms with Crippen molar-refractivity contribution in [2.75, 3.05) is 0 Å². The zero-order valence-corrected chi connectivity index (χ0v) is 28.7. The second-order valence-corrected chi connectivity index (χ2v) is 12.7. The molecule has 0 saturated carbocycles. The highest BCUT2D eigenvalue weighted by molar-refractivity contribution is 5.91. The summed E-state index contributed by atoms with van der Waals surface area (Å²) >= 11 is 0. The minimum Gasteiger partial charge on any atom is -0.457 e. The van der Waals surface area contributed by atoms with Crippen molar-refractivity contribution in [3.8, 4) is 0 Å². The van der Waals surface area contributed by atoms with Gasteiger partial charge in [0.05, 0.1) is 0 Å². The van der Waals surface area contributed by atoms with Crippen LogP contribution >= 0.6 is 0 Å². The van der Waals surface area contributed by atoms with E-state index >= 15 is 0 Å². The van der Waals surface area contributed by atoms with Crippen molar-refractivity contribution in [3.05, 3.63) is 23.7 Å². The molecule has 5 nitrogen and oxygen atoms in total. The maximum absolute atomic E-state index is 13.0. The van der Waals surface area contributed by atoms with Gasteiger partial charge in [-0.25, -0.2) is 9.59 Å². The molecule has 2 atom stereocenters. The lowest BCUT2D eigenvalue weighted by Crippen LogP contribution is -2.19. The molecule has 0 spiro atoms. The van der Waals surface area contributed by atoms with Crippen molar-refractivity contribution in [3.63, 3.8) is 0 Å². The summed E-state index contributed by atoms with van der Waals surface area (Å²) in [4.78, 5) is 26.1. The van der Waals surface area contributed by atoms with Gasteiger partial charge in [-0.15, -0.1) is 0 Å². The Hall–Kier alpha value is -1.78. The average Bonchev–Trinajstić information content (AvgIpc) is 3.51. The summed E-state index contributed by atoms with van der Waals surface area (Å²) in [6, 6.07) is 3.13. The molecule has 0 bridgehead atoms. The molecule has 1 heterocycles. The van der Waals surface area contributed by atoms with Crippen LogP contribution in [0.4, 0.5) is 0 Å². The van der Waals surface area contributed by atoms with Gasteiger partial charge in [-0.2, -0.15) is 0 Å². The van der Waals surface area contributed by atoms with Crippen LogP contribution in [0.25, 0.3) is 0 Å². The van der Waals surface area contributed by atoms with Gasteiger partial charge in [0.15, 0.2) is 0 Å². The van der Waals surface area contributed by atoms with Crippen molar-refractivity contribution >= 4 is 11.9 Å². The summed E-state index contributed by atoms with van der Waals surface area (Å²) in [6.07, 6.45) is 29.9. The Morgan fingerprint density at radius 3 is 1.00 bits per heavy atom. The molecule has 0 aliphatic heterocycles. The van der Waals surface area contributed by atoms with Crippen LogP contribution in [0.5, 0.6) is 0 Å².